The molecule has 6 heteroatoms. The second-order valence-corrected chi connectivity index (χ2v) is 5.75. The first-order valence-corrected chi connectivity index (χ1v) is 8.18. The number of fused-ring (bicyclic) bond motifs is 1. The van der Waals surface area contributed by atoms with E-state index >= 15 is 0 Å². The Morgan fingerprint density at radius 2 is 1.77 bits per heavy atom. The zero-order chi connectivity index (χ0) is 18.7. The molecule has 1 aromatic heterocycles. The summed E-state index contributed by atoms with van der Waals surface area (Å²) < 4.78 is 6.66. The van der Waals surface area contributed by atoms with E-state index in [-0.39, 0.29) is 11.0 Å². The van der Waals surface area contributed by atoms with Crippen molar-refractivity contribution in [2.24, 2.45) is 7.05 Å². The molecule has 0 spiro atoms. The molecule has 0 unspecified atom stereocenters. The molecule has 132 valence electrons. The predicted molar refractivity (Wildman–Crippen MR) is 99.5 cm³/mol. The maximum Gasteiger partial charge on any atom is 0.338 e. The van der Waals surface area contributed by atoms with Gasteiger partial charge >= 0.3 is 5.97 Å². The van der Waals surface area contributed by atoms with Crippen molar-refractivity contribution in [3.63, 3.8) is 0 Å². The van der Waals surface area contributed by atoms with E-state index in [0.717, 1.165) is 5.52 Å². The molecule has 0 aliphatic rings. The van der Waals surface area contributed by atoms with Gasteiger partial charge in [0, 0.05) is 24.3 Å². The molecule has 0 aliphatic heterocycles. The van der Waals surface area contributed by atoms with Gasteiger partial charge in [0.15, 0.2) is 0 Å². The molecule has 3 rings (SSSR count). The van der Waals surface area contributed by atoms with E-state index in [1.54, 1.807) is 54.9 Å². The third kappa shape index (κ3) is 3.35. The van der Waals surface area contributed by atoms with Gasteiger partial charge in [0.25, 0.3) is 5.91 Å². The fourth-order valence-electron chi connectivity index (χ4n) is 2.70. The molecular weight excluding hydrogens is 332 g/mol. The monoisotopic (exact) mass is 350 g/mol. The molecule has 0 saturated carbocycles. The Balaban J connectivity index is 1.87. The molecule has 0 saturated heterocycles. The summed E-state index contributed by atoms with van der Waals surface area (Å²) in [5.74, 6) is -0.922. The van der Waals surface area contributed by atoms with Gasteiger partial charge in [0.1, 0.15) is 5.56 Å². The van der Waals surface area contributed by atoms with Crippen LogP contribution in [-0.2, 0) is 11.8 Å². The van der Waals surface area contributed by atoms with E-state index < -0.39 is 11.9 Å². The van der Waals surface area contributed by atoms with Crippen molar-refractivity contribution in [3.05, 3.63) is 76.1 Å². The summed E-state index contributed by atoms with van der Waals surface area (Å²) in [4.78, 5) is 36.8. The predicted octanol–water partition coefficient (Wildman–Crippen LogP) is 2.97. The van der Waals surface area contributed by atoms with E-state index in [1.165, 1.54) is 6.20 Å². The van der Waals surface area contributed by atoms with Crippen molar-refractivity contribution in [2.45, 2.75) is 6.92 Å². The van der Waals surface area contributed by atoms with Gasteiger partial charge in [-0.15, -0.1) is 0 Å². The van der Waals surface area contributed by atoms with Crippen molar-refractivity contribution >= 4 is 28.5 Å². The third-order valence-electron chi connectivity index (χ3n) is 3.99. The van der Waals surface area contributed by atoms with E-state index in [2.05, 4.69) is 5.32 Å². The first-order chi connectivity index (χ1) is 12.5. The second-order valence-electron chi connectivity index (χ2n) is 5.75. The average molecular weight is 350 g/mol. The molecule has 0 fully saturated rings. The average Bonchev–Trinajstić information content (AvgIpc) is 2.65. The Morgan fingerprint density at radius 3 is 2.46 bits per heavy atom. The Morgan fingerprint density at radius 1 is 1.08 bits per heavy atom. The molecule has 26 heavy (non-hydrogen) atoms. The maximum atomic E-state index is 12.6. The molecule has 1 N–H and O–H groups in total. The molecule has 1 amide bonds. The lowest BCUT2D eigenvalue weighted by molar-refractivity contribution is 0.0526. The van der Waals surface area contributed by atoms with Gasteiger partial charge in [0.2, 0.25) is 5.43 Å². The lowest BCUT2D eigenvalue weighted by Gasteiger charge is -2.10. The van der Waals surface area contributed by atoms with Crippen molar-refractivity contribution in [1.82, 2.24) is 4.57 Å². The van der Waals surface area contributed by atoms with Crippen molar-refractivity contribution in [1.29, 1.82) is 0 Å². The summed E-state index contributed by atoms with van der Waals surface area (Å²) in [6, 6.07) is 13.4. The Labute approximate surface area is 150 Å². The summed E-state index contributed by atoms with van der Waals surface area (Å²) in [6.45, 7) is 2.03. The first-order valence-electron chi connectivity index (χ1n) is 8.18. The van der Waals surface area contributed by atoms with Crippen molar-refractivity contribution < 1.29 is 14.3 Å². The standard InChI is InChI=1S/C20H18N2O4/c1-3-26-20(25)13-8-10-14(11-9-13)21-19(24)16-12-22(2)17-7-5-4-6-15(17)18(16)23/h4-12H,3H2,1-2H3,(H,21,24). The number of carbonyl (C=O) groups is 2. The van der Waals surface area contributed by atoms with Crippen LogP contribution in [0.4, 0.5) is 5.69 Å². The highest BCUT2D eigenvalue weighted by atomic mass is 16.5. The van der Waals surface area contributed by atoms with Crippen LogP contribution < -0.4 is 10.7 Å². The van der Waals surface area contributed by atoms with E-state index in [0.29, 0.717) is 23.2 Å². The normalized spacial score (nSPS) is 10.5. The molecule has 3 aromatic rings. The van der Waals surface area contributed by atoms with Crippen LogP contribution in [0.3, 0.4) is 0 Å². The molecule has 0 radical (unpaired) electrons. The highest BCUT2D eigenvalue weighted by Gasteiger charge is 2.15. The second kappa shape index (κ2) is 7.23. The molecular formula is C20H18N2O4. The molecule has 0 atom stereocenters. The minimum atomic E-state index is -0.500. The van der Waals surface area contributed by atoms with Gasteiger partial charge < -0.3 is 14.6 Å². The summed E-state index contributed by atoms with van der Waals surface area (Å²) >= 11 is 0. The SMILES string of the molecule is CCOC(=O)c1ccc(NC(=O)c2cn(C)c3ccccc3c2=O)cc1. The van der Waals surface area contributed by atoms with Crippen LogP contribution in [-0.4, -0.2) is 23.1 Å². The van der Waals surface area contributed by atoms with E-state index in [4.69, 9.17) is 4.74 Å². The number of pyridine rings is 1. The number of aryl methyl sites for hydroxylation is 1. The molecule has 2 aromatic carbocycles. The number of carbonyl (C=O) groups excluding carboxylic acids is 2. The maximum absolute atomic E-state index is 12.6. The zero-order valence-corrected chi connectivity index (χ0v) is 14.5. The quantitative estimate of drug-likeness (QED) is 0.734. The van der Waals surface area contributed by atoms with Crippen LogP contribution in [0, 0.1) is 0 Å². The highest BCUT2D eigenvalue weighted by molar-refractivity contribution is 6.06. The topological polar surface area (TPSA) is 77.4 Å². The van der Waals surface area contributed by atoms with Crippen LogP contribution in [0.1, 0.15) is 27.6 Å². The zero-order valence-electron chi connectivity index (χ0n) is 14.5. The van der Waals surface area contributed by atoms with Gasteiger partial charge in [-0.2, -0.15) is 0 Å². The summed E-state index contributed by atoms with van der Waals surface area (Å²) in [6.07, 6.45) is 1.52. The number of ether oxygens (including phenoxy) is 1. The lowest BCUT2D eigenvalue weighted by atomic mass is 10.1. The van der Waals surface area contributed by atoms with Gasteiger partial charge in [-0.1, -0.05) is 12.1 Å². The van der Waals surface area contributed by atoms with Crippen LogP contribution in [0.5, 0.6) is 0 Å². The number of benzene rings is 2. The fraction of sp³-hybridized carbons (Fsp3) is 0.150. The van der Waals surface area contributed by atoms with Crippen molar-refractivity contribution in [2.75, 3.05) is 11.9 Å². The Bertz CT molecular complexity index is 1040. The summed E-state index contributed by atoms with van der Waals surface area (Å²) in [7, 11) is 1.78. The van der Waals surface area contributed by atoms with Crippen LogP contribution in [0.2, 0.25) is 0 Å². The van der Waals surface area contributed by atoms with Gasteiger partial charge in [-0.3, -0.25) is 9.59 Å². The molecule has 1 heterocycles. The smallest absolute Gasteiger partial charge is 0.338 e. The largest absolute Gasteiger partial charge is 0.462 e. The number of hydrogen-bond acceptors (Lipinski definition) is 4. The van der Waals surface area contributed by atoms with Gasteiger partial charge in [-0.05, 0) is 43.3 Å². The Kier molecular flexibility index (Phi) is 4.84. The minimum absolute atomic E-state index is 0.0562. The van der Waals surface area contributed by atoms with Crippen LogP contribution in [0.15, 0.2) is 59.5 Å². The summed E-state index contributed by atoms with van der Waals surface area (Å²) in [5.41, 5.74) is 1.37. The van der Waals surface area contributed by atoms with Crippen LogP contribution >= 0.6 is 0 Å². The number of para-hydroxylation sites is 1. The number of esters is 1. The number of anilines is 1. The van der Waals surface area contributed by atoms with E-state index in [1.807, 2.05) is 12.1 Å². The lowest BCUT2D eigenvalue weighted by Crippen LogP contribution is -2.23. The number of hydrogen-bond donors (Lipinski definition) is 1. The third-order valence-corrected chi connectivity index (χ3v) is 3.99. The number of amides is 1. The molecule has 0 aliphatic carbocycles. The fourth-order valence-corrected chi connectivity index (χ4v) is 2.70. The minimum Gasteiger partial charge on any atom is -0.462 e. The van der Waals surface area contributed by atoms with Gasteiger partial charge in [-0.25, -0.2) is 4.79 Å². The number of nitrogens with zero attached hydrogens (tertiary/aromatic N) is 1. The summed E-state index contributed by atoms with van der Waals surface area (Å²) in [5, 5.41) is 3.17. The first kappa shape index (κ1) is 17.4. The Hall–Kier alpha value is -3.41. The molecule has 0 bridgehead atoms. The van der Waals surface area contributed by atoms with Gasteiger partial charge in [0.05, 0.1) is 17.7 Å². The molecule has 6 nitrogen and oxygen atoms in total. The number of aromatic nitrogens is 1. The number of rotatable bonds is 4. The van der Waals surface area contributed by atoms with Crippen molar-refractivity contribution in [3.8, 4) is 0 Å². The van der Waals surface area contributed by atoms with Crippen LogP contribution in [0.25, 0.3) is 10.9 Å². The highest BCUT2D eigenvalue weighted by Crippen LogP contribution is 2.14. The van der Waals surface area contributed by atoms with E-state index in [9.17, 15) is 14.4 Å². The number of nitrogens with one attached hydrogen (secondary N) is 1.